The lowest BCUT2D eigenvalue weighted by Crippen LogP contribution is -2.04. The van der Waals surface area contributed by atoms with Gasteiger partial charge in [0.05, 0.1) is 18.5 Å². The van der Waals surface area contributed by atoms with Crippen molar-refractivity contribution in [3.8, 4) is 11.7 Å². The first kappa shape index (κ1) is 10.5. The maximum atomic E-state index is 5.89. The fourth-order valence-electron chi connectivity index (χ4n) is 1.46. The molecule has 5 heteroatoms. The van der Waals surface area contributed by atoms with E-state index in [1.165, 1.54) is 0 Å². The highest BCUT2D eigenvalue weighted by Gasteiger charge is 2.09. The first-order valence-electron chi connectivity index (χ1n) is 4.95. The van der Waals surface area contributed by atoms with Gasteiger partial charge in [-0.05, 0) is 19.9 Å². The molecule has 0 aliphatic carbocycles. The molecule has 2 aromatic heterocycles. The van der Waals surface area contributed by atoms with Gasteiger partial charge in [0.15, 0.2) is 5.82 Å². The molecule has 2 heterocycles. The van der Waals surface area contributed by atoms with Gasteiger partial charge in [0.25, 0.3) is 0 Å². The fraction of sp³-hybridized carbons (Fsp3) is 0.273. The fourth-order valence-corrected chi connectivity index (χ4v) is 1.46. The van der Waals surface area contributed by atoms with Gasteiger partial charge in [-0.3, -0.25) is 4.57 Å². The van der Waals surface area contributed by atoms with Crippen LogP contribution >= 0.6 is 0 Å². The van der Waals surface area contributed by atoms with Gasteiger partial charge in [-0.1, -0.05) is 0 Å². The van der Waals surface area contributed by atoms with E-state index in [4.69, 9.17) is 10.5 Å². The van der Waals surface area contributed by atoms with E-state index < -0.39 is 0 Å². The summed E-state index contributed by atoms with van der Waals surface area (Å²) in [6.45, 7) is 3.92. The lowest BCUT2D eigenvalue weighted by atomic mass is 10.3. The number of hydrogen-bond acceptors (Lipinski definition) is 4. The summed E-state index contributed by atoms with van der Waals surface area (Å²) in [4.78, 5) is 8.53. The van der Waals surface area contributed by atoms with E-state index in [2.05, 4.69) is 9.97 Å². The molecule has 0 unspecified atom stereocenters. The third kappa shape index (κ3) is 1.60. The van der Waals surface area contributed by atoms with E-state index in [1.54, 1.807) is 25.6 Å². The van der Waals surface area contributed by atoms with Crippen LogP contribution in [0.1, 0.15) is 11.4 Å². The standard InChI is InChI=1S/C11H14N4O/c1-7-8(2)15(6-13-7)11-9(12)4-5-10(14-11)16-3/h4-6H,12H2,1-3H3. The van der Waals surface area contributed by atoms with Crippen LogP contribution in [0.3, 0.4) is 0 Å². The van der Waals surface area contributed by atoms with Crippen molar-refractivity contribution in [1.82, 2.24) is 14.5 Å². The number of anilines is 1. The van der Waals surface area contributed by atoms with Crippen LogP contribution in [0, 0.1) is 13.8 Å². The van der Waals surface area contributed by atoms with Gasteiger partial charge in [0.2, 0.25) is 5.88 Å². The zero-order valence-electron chi connectivity index (χ0n) is 9.56. The molecular formula is C11H14N4O. The van der Waals surface area contributed by atoms with E-state index >= 15 is 0 Å². The van der Waals surface area contributed by atoms with Crippen LogP contribution in [0.5, 0.6) is 5.88 Å². The molecule has 5 nitrogen and oxygen atoms in total. The third-order valence-corrected chi connectivity index (χ3v) is 2.57. The van der Waals surface area contributed by atoms with Crippen molar-refractivity contribution in [1.29, 1.82) is 0 Å². The minimum Gasteiger partial charge on any atom is -0.481 e. The van der Waals surface area contributed by atoms with Gasteiger partial charge in [-0.15, -0.1) is 0 Å². The van der Waals surface area contributed by atoms with E-state index in [9.17, 15) is 0 Å². The predicted molar refractivity (Wildman–Crippen MR) is 61.8 cm³/mol. The van der Waals surface area contributed by atoms with Crippen molar-refractivity contribution in [2.45, 2.75) is 13.8 Å². The van der Waals surface area contributed by atoms with Crippen LogP contribution in [-0.4, -0.2) is 21.6 Å². The van der Waals surface area contributed by atoms with Crippen LogP contribution in [0.25, 0.3) is 5.82 Å². The van der Waals surface area contributed by atoms with Crippen LogP contribution in [0.15, 0.2) is 18.5 Å². The number of ether oxygens (including phenoxy) is 1. The van der Waals surface area contributed by atoms with Crippen LogP contribution in [0.4, 0.5) is 5.69 Å². The van der Waals surface area contributed by atoms with Crippen molar-refractivity contribution in [3.63, 3.8) is 0 Å². The second-order valence-corrected chi connectivity index (χ2v) is 3.55. The van der Waals surface area contributed by atoms with E-state index in [0.29, 0.717) is 17.4 Å². The first-order valence-corrected chi connectivity index (χ1v) is 4.95. The molecule has 2 rings (SSSR count). The van der Waals surface area contributed by atoms with Crippen molar-refractivity contribution in [2.24, 2.45) is 0 Å². The van der Waals surface area contributed by atoms with Crippen molar-refractivity contribution in [3.05, 3.63) is 29.8 Å². The zero-order valence-corrected chi connectivity index (χ0v) is 9.56. The third-order valence-electron chi connectivity index (χ3n) is 2.57. The van der Waals surface area contributed by atoms with E-state index in [1.807, 2.05) is 18.4 Å². The molecule has 0 radical (unpaired) electrons. The lowest BCUT2D eigenvalue weighted by molar-refractivity contribution is 0.397. The molecule has 0 aromatic carbocycles. The molecule has 16 heavy (non-hydrogen) atoms. The molecule has 2 N–H and O–H groups in total. The number of hydrogen-bond donors (Lipinski definition) is 1. The quantitative estimate of drug-likeness (QED) is 0.829. The molecule has 84 valence electrons. The average Bonchev–Trinajstić information content (AvgIpc) is 2.61. The Kier molecular flexibility index (Phi) is 2.52. The maximum absolute atomic E-state index is 5.89. The Morgan fingerprint density at radius 2 is 2.06 bits per heavy atom. The summed E-state index contributed by atoms with van der Waals surface area (Å²) in [5.74, 6) is 1.19. The molecule has 0 saturated heterocycles. The van der Waals surface area contributed by atoms with Crippen LogP contribution in [-0.2, 0) is 0 Å². The molecule has 0 bridgehead atoms. The second-order valence-electron chi connectivity index (χ2n) is 3.55. The smallest absolute Gasteiger partial charge is 0.215 e. The van der Waals surface area contributed by atoms with Crippen molar-refractivity contribution < 1.29 is 4.74 Å². The van der Waals surface area contributed by atoms with Crippen LogP contribution in [0.2, 0.25) is 0 Å². The first-order chi connectivity index (χ1) is 7.63. The highest BCUT2D eigenvalue weighted by atomic mass is 16.5. The van der Waals surface area contributed by atoms with Gasteiger partial charge in [-0.25, -0.2) is 4.98 Å². The Morgan fingerprint density at radius 1 is 1.31 bits per heavy atom. The number of methoxy groups -OCH3 is 1. The molecule has 0 spiro atoms. The minimum atomic E-state index is 0.537. The van der Waals surface area contributed by atoms with Gasteiger partial charge in [0, 0.05) is 11.8 Å². The number of pyridine rings is 1. The van der Waals surface area contributed by atoms with E-state index in [0.717, 1.165) is 11.4 Å². The Hall–Kier alpha value is -2.04. The molecule has 0 atom stereocenters. The molecule has 0 aliphatic rings. The second kappa shape index (κ2) is 3.84. The summed E-state index contributed by atoms with van der Waals surface area (Å²) in [6, 6.07) is 3.51. The van der Waals surface area contributed by atoms with Gasteiger partial charge < -0.3 is 10.5 Å². The highest BCUT2D eigenvalue weighted by molar-refractivity contribution is 5.55. The topological polar surface area (TPSA) is 66.0 Å². The summed E-state index contributed by atoms with van der Waals surface area (Å²) < 4.78 is 6.93. The molecule has 0 amide bonds. The van der Waals surface area contributed by atoms with Crippen LogP contribution < -0.4 is 10.5 Å². The Bertz CT molecular complexity index is 519. The summed E-state index contributed by atoms with van der Waals surface area (Å²) in [6.07, 6.45) is 1.71. The largest absolute Gasteiger partial charge is 0.481 e. The monoisotopic (exact) mass is 218 g/mol. The number of aromatic nitrogens is 3. The Labute approximate surface area is 93.9 Å². The minimum absolute atomic E-state index is 0.537. The molecular weight excluding hydrogens is 204 g/mol. The zero-order chi connectivity index (χ0) is 11.7. The van der Waals surface area contributed by atoms with Gasteiger partial charge in [-0.2, -0.15) is 4.98 Å². The maximum Gasteiger partial charge on any atom is 0.215 e. The molecule has 0 saturated carbocycles. The molecule has 0 fully saturated rings. The van der Waals surface area contributed by atoms with Crippen molar-refractivity contribution >= 4 is 5.69 Å². The van der Waals surface area contributed by atoms with Gasteiger partial charge in [0.1, 0.15) is 6.33 Å². The summed E-state index contributed by atoms with van der Waals surface area (Å²) in [7, 11) is 1.58. The number of imidazole rings is 1. The molecule has 2 aromatic rings. The number of rotatable bonds is 2. The average molecular weight is 218 g/mol. The predicted octanol–water partition coefficient (Wildman–Crippen LogP) is 1.47. The number of aryl methyl sites for hydroxylation is 1. The van der Waals surface area contributed by atoms with Gasteiger partial charge >= 0.3 is 0 Å². The Morgan fingerprint density at radius 3 is 2.62 bits per heavy atom. The Balaban J connectivity index is 2.59. The number of nitrogens with zero attached hydrogens (tertiary/aromatic N) is 3. The van der Waals surface area contributed by atoms with E-state index in [-0.39, 0.29) is 0 Å². The summed E-state index contributed by atoms with van der Waals surface area (Å²) in [5, 5.41) is 0. The lowest BCUT2D eigenvalue weighted by Gasteiger charge is -2.09. The summed E-state index contributed by atoms with van der Waals surface area (Å²) in [5.41, 5.74) is 8.47. The van der Waals surface area contributed by atoms with Crippen molar-refractivity contribution in [2.75, 3.05) is 12.8 Å². The summed E-state index contributed by atoms with van der Waals surface area (Å²) >= 11 is 0. The number of nitrogens with two attached hydrogens (primary N) is 1. The highest BCUT2D eigenvalue weighted by Crippen LogP contribution is 2.21. The SMILES string of the molecule is COc1ccc(N)c(-n2cnc(C)c2C)n1. The normalized spacial score (nSPS) is 10.4. The molecule has 0 aliphatic heterocycles. The number of nitrogen functional groups attached to an aromatic ring is 1.